The lowest BCUT2D eigenvalue weighted by Gasteiger charge is -2.15. The molecule has 1 nitrogen and oxygen atoms in total. The zero-order chi connectivity index (χ0) is 14.0. The largest absolute Gasteiger partial charge is 0.497 e. The Kier molecular flexibility index (Phi) is 4.54. The number of halogens is 2. The van der Waals surface area contributed by atoms with Crippen LogP contribution in [0.2, 0.25) is 0 Å². The van der Waals surface area contributed by atoms with Crippen molar-refractivity contribution in [2.24, 2.45) is 0 Å². The molecule has 0 fully saturated rings. The van der Waals surface area contributed by atoms with Gasteiger partial charge in [0, 0.05) is 4.47 Å². The Hall–Kier alpha value is -0.990. The first-order valence-electron chi connectivity index (χ1n) is 6.07. The Morgan fingerprint density at radius 2 is 1.79 bits per heavy atom. The molecule has 0 aliphatic heterocycles. The standard InChI is InChI=1S/C16H16BrClO/c1-10-4-5-12(9-15(10)17)16(18)14-7-6-13(19-3)8-11(14)2/h4-9,16H,1-3H3. The molecular formula is C16H16BrClO. The van der Waals surface area contributed by atoms with E-state index in [1.807, 2.05) is 18.2 Å². The summed E-state index contributed by atoms with van der Waals surface area (Å²) in [6.45, 7) is 4.12. The predicted molar refractivity (Wildman–Crippen MR) is 84.3 cm³/mol. The summed E-state index contributed by atoms with van der Waals surface area (Å²) in [5.41, 5.74) is 4.54. The molecular weight excluding hydrogens is 324 g/mol. The first-order valence-corrected chi connectivity index (χ1v) is 7.30. The number of benzene rings is 2. The summed E-state index contributed by atoms with van der Waals surface area (Å²) in [6.07, 6.45) is 0. The molecule has 1 atom stereocenters. The van der Waals surface area contributed by atoms with Crippen LogP contribution >= 0.6 is 27.5 Å². The van der Waals surface area contributed by atoms with Gasteiger partial charge in [0.2, 0.25) is 0 Å². The zero-order valence-electron chi connectivity index (χ0n) is 11.2. The second kappa shape index (κ2) is 5.98. The van der Waals surface area contributed by atoms with Gasteiger partial charge in [0.25, 0.3) is 0 Å². The minimum atomic E-state index is -0.150. The molecule has 2 aromatic carbocycles. The molecule has 0 heterocycles. The van der Waals surface area contributed by atoms with E-state index in [1.54, 1.807) is 7.11 Å². The Labute approximate surface area is 127 Å². The molecule has 0 spiro atoms. The fraction of sp³-hybridized carbons (Fsp3) is 0.250. The van der Waals surface area contributed by atoms with Crippen molar-refractivity contribution < 1.29 is 4.74 Å². The number of rotatable bonds is 3. The van der Waals surface area contributed by atoms with E-state index < -0.39 is 0 Å². The number of hydrogen-bond acceptors (Lipinski definition) is 1. The number of alkyl halides is 1. The van der Waals surface area contributed by atoms with Gasteiger partial charge in [-0.3, -0.25) is 0 Å². The first-order chi connectivity index (χ1) is 9.02. The van der Waals surface area contributed by atoms with Crippen molar-refractivity contribution in [2.75, 3.05) is 7.11 Å². The maximum Gasteiger partial charge on any atom is 0.119 e. The molecule has 19 heavy (non-hydrogen) atoms. The first kappa shape index (κ1) is 14.4. The predicted octanol–water partition coefficient (Wildman–Crippen LogP) is 5.40. The molecule has 0 aliphatic rings. The molecule has 0 bridgehead atoms. The van der Waals surface area contributed by atoms with E-state index >= 15 is 0 Å². The van der Waals surface area contributed by atoms with Crippen molar-refractivity contribution in [3.8, 4) is 5.75 Å². The van der Waals surface area contributed by atoms with Crippen LogP contribution < -0.4 is 4.74 Å². The lowest BCUT2D eigenvalue weighted by molar-refractivity contribution is 0.414. The lowest BCUT2D eigenvalue weighted by Crippen LogP contribution is -1.97. The molecule has 0 aliphatic carbocycles. The maximum absolute atomic E-state index is 6.60. The summed E-state index contributed by atoms with van der Waals surface area (Å²) in [6, 6.07) is 12.2. The molecule has 0 N–H and O–H groups in total. The van der Waals surface area contributed by atoms with E-state index in [0.29, 0.717) is 0 Å². The van der Waals surface area contributed by atoms with E-state index in [2.05, 4.69) is 48.0 Å². The third-order valence-corrected chi connectivity index (χ3v) is 4.58. The normalized spacial score (nSPS) is 12.3. The zero-order valence-corrected chi connectivity index (χ0v) is 13.5. The Morgan fingerprint density at radius 3 is 2.37 bits per heavy atom. The van der Waals surface area contributed by atoms with Crippen molar-refractivity contribution in [1.29, 1.82) is 0 Å². The van der Waals surface area contributed by atoms with Gasteiger partial charge in [0.05, 0.1) is 12.5 Å². The van der Waals surface area contributed by atoms with Crippen molar-refractivity contribution >= 4 is 27.5 Å². The van der Waals surface area contributed by atoms with Crippen LogP contribution in [-0.4, -0.2) is 7.11 Å². The summed E-state index contributed by atoms with van der Waals surface area (Å²) >= 11 is 10.1. The highest BCUT2D eigenvalue weighted by molar-refractivity contribution is 9.10. The van der Waals surface area contributed by atoms with E-state index in [1.165, 1.54) is 5.56 Å². The van der Waals surface area contributed by atoms with Gasteiger partial charge in [-0.25, -0.2) is 0 Å². The van der Waals surface area contributed by atoms with Crippen LogP contribution in [0, 0.1) is 13.8 Å². The number of ether oxygens (including phenoxy) is 1. The Balaban J connectivity index is 2.38. The molecule has 0 amide bonds. The van der Waals surface area contributed by atoms with Crippen molar-refractivity contribution in [1.82, 2.24) is 0 Å². The molecule has 1 unspecified atom stereocenters. The molecule has 0 radical (unpaired) electrons. The lowest BCUT2D eigenvalue weighted by atomic mass is 9.99. The summed E-state index contributed by atoms with van der Waals surface area (Å²) in [4.78, 5) is 0. The van der Waals surface area contributed by atoms with Gasteiger partial charge in [0.1, 0.15) is 5.75 Å². The number of hydrogen-bond donors (Lipinski definition) is 0. The fourth-order valence-corrected chi connectivity index (χ4v) is 2.78. The van der Waals surface area contributed by atoms with E-state index in [0.717, 1.165) is 26.9 Å². The quantitative estimate of drug-likeness (QED) is 0.680. The van der Waals surface area contributed by atoms with Crippen LogP contribution in [0.15, 0.2) is 40.9 Å². The minimum Gasteiger partial charge on any atom is -0.497 e. The molecule has 100 valence electrons. The van der Waals surface area contributed by atoms with Crippen LogP contribution in [0.4, 0.5) is 0 Å². The Morgan fingerprint density at radius 1 is 1.05 bits per heavy atom. The minimum absolute atomic E-state index is 0.150. The summed E-state index contributed by atoms with van der Waals surface area (Å²) < 4.78 is 6.30. The smallest absolute Gasteiger partial charge is 0.119 e. The second-order valence-corrected chi connectivity index (χ2v) is 5.88. The van der Waals surface area contributed by atoms with Gasteiger partial charge in [-0.05, 0) is 54.3 Å². The molecule has 0 aromatic heterocycles. The average Bonchev–Trinajstić information content (AvgIpc) is 2.41. The van der Waals surface area contributed by atoms with Crippen LogP contribution in [-0.2, 0) is 0 Å². The molecule has 2 rings (SSSR count). The summed E-state index contributed by atoms with van der Waals surface area (Å²) in [5.74, 6) is 0.857. The highest BCUT2D eigenvalue weighted by Gasteiger charge is 2.14. The van der Waals surface area contributed by atoms with Crippen LogP contribution in [0.5, 0.6) is 5.75 Å². The second-order valence-electron chi connectivity index (χ2n) is 4.59. The third kappa shape index (κ3) is 3.13. The highest BCUT2D eigenvalue weighted by Crippen LogP contribution is 2.34. The Bertz CT molecular complexity index is 595. The summed E-state index contributed by atoms with van der Waals surface area (Å²) in [5, 5.41) is -0.150. The van der Waals surface area contributed by atoms with E-state index in [9.17, 15) is 0 Å². The highest BCUT2D eigenvalue weighted by atomic mass is 79.9. The molecule has 0 saturated heterocycles. The van der Waals surface area contributed by atoms with E-state index in [4.69, 9.17) is 16.3 Å². The van der Waals surface area contributed by atoms with Gasteiger partial charge in [-0.2, -0.15) is 0 Å². The van der Waals surface area contributed by atoms with Crippen LogP contribution in [0.3, 0.4) is 0 Å². The van der Waals surface area contributed by atoms with Crippen molar-refractivity contribution in [3.63, 3.8) is 0 Å². The van der Waals surface area contributed by atoms with Crippen LogP contribution in [0.1, 0.15) is 27.6 Å². The third-order valence-electron chi connectivity index (χ3n) is 3.24. The average molecular weight is 340 g/mol. The molecule has 0 saturated carbocycles. The van der Waals surface area contributed by atoms with Gasteiger partial charge in [-0.1, -0.05) is 34.1 Å². The van der Waals surface area contributed by atoms with Gasteiger partial charge in [-0.15, -0.1) is 11.6 Å². The van der Waals surface area contributed by atoms with Crippen LogP contribution in [0.25, 0.3) is 0 Å². The summed E-state index contributed by atoms with van der Waals surface area (Å²) in [7, 11) is 1.67. The maximum atomic E-state index is 6.60. The molecule has 3 heteroatoms. The van der Waals surface area contributed by atoms with Crippen molar-refractivity contribution in [2.45, 2.75) is 19.2 Å². The van der Waals surface area contributed by atoms with Gasteiger partial charge >= 0.3 is 0 Å². The fourth-order valence-electron chi connectivity index (χ4n) is 2.01. The number of methoxy groups -OCH3 is 1. The van der Waals surface area contributed by atoms with Gasteiger partial charge < -0.3 is 4.74 Å². The van der Waals surface area contributed by atoms with E-state index in [-0.39, 0.29) is 5.38 Å². The number of aryl methyl sites for hydroxylation is 2. The monoisotopic (exact) mass is 338 g/mol. The van der Waals surface area contributed by atoms with Gasteiger partial charge in [0.15, 0.2) is 0 Å². The SMILES string of the molecule is COc1ccc(C(Cl)c2ccc(C)c(Br)c2)c(C)c1. The molecule has 2 aromatic rings. The van der Waals surface area contributed by atoms with Crippen molar-refractivity contribution in [3.05, 3.63) is 63.1 Å². The topological polar surface area (TPSA) is 9.23 Å².